The highest BCUT2D eigenvalue weighted by Crippen LogP contribution is 2.37. The van der Waals surface area contributed by atoms with E-state index in [2.05, 4.69) is 32.4 Å². The highest BCUT2D eigenvalue weighted by Gasteiger charge is 2.42. The summed E-state index contributed by atoms with van der Waals surface area (Å²) in [6, 6.07) is -0.252. The van der Waals surface area contributed by atoms with Crippen LogP contribution in [0.1, 0.15) is 37.3 Å². The van der Waals surface area contributed by atoms with Gasteiger partial charge in [0.25, 0.3) is 0 Å². The largest absolute Gasteiger partial charge is 0.391 e. The van der Waals surface area contributed by atoms with Gasteiger partial charge in [0.1, 0.15) is 12.4 Å². The van der Waals surface area contributed by atoms with Crippen LogP contribution in [0.2, 0.25) is 0 Å². The van der Waals surface area contributed by atoms with E-state index in [1.807, 2.05) is 18.5 Å². The summed E-state index contributed by atoms with van der Waals surface area (Å²) in [6.07, 6.45) is -0.942. The van der Waals surface area contributed by atoms with Gasteiger partial charge in [-0.1, -0.05) is 12.5 Å². The topological polar surface area (TPSA) is 67.1 Å². The van der Waals surface area contributed by atoms with Crippen LogP contribution in [0.5, 0.6) is 0 Å². The molecule has 0 spiro atoms. The first-order chi connectivity index (χ1) is 11.8. The standard InChI is InChI=1S/C16H25F3N6.HI/c1-4-8-20-15(21-10-14-24-23-11(2)25(14)3)22-13-7-5-6-12(9-13)16(17,18)19;/h4,12-13H,1,5-10H2,2-3H3,(H2,20,21,22);1H. The van der Waals surface area contributed by atoms with Crippen molar-refractivity contribution in [2.45, 2.75) is 51.4 Å². The summed E-state index contributed by atoms with van der Waals surface area (Å²) in [7, 11) is 1.85. The molecule has 0 amide bonds. The normalized spacial score (nSPS) is 21.0. The Bertz CT molecular complexity index is 614. The van der Waals surface area contributed by atoms with Gasteiger partial charge >= 0.3 is 6.18 Å². The first kappa shape index (κ1) is 22.7. The molecule has 1 fully saturated rings. The van der Waals surface area contributed by atoms with Crippen LogP contribution >= 0.6 is 24.0 Å². The maximum absolute atomic E-state index is 13.0. The summed E-state index contributed by atoms with van der Waals surface area (Å²) in [5.74, 6) is 0.683. The van der Waals surface area contributed by atoms with Crippen LogP contribution in [0.4, 0.5) is 13.2 Å². The lowest BCUT2D eigenvalue weighted by Crippen LogP contribution is -2.46. The summed E-state index contributed by atoms with van der Waals surface area (Å²) in [5.41, 5.74) is 0. The number of guanidine groups is 1. The number of aryl methyl sites for hydroxylation is 1. The van der Waals surface area contributed by atoms with Crippen molar-refractivity contribution >= 4 is 29.9 Å². The van der Waals surface area contributed by atoms with Crippen molar-refractivity contribution < 1.29 is 13.2 Å². The molecule has 2 atom stereocenters. The van der Waals surface area contributed by atoms with Crippen LogP contribution in [0.15, 0.2) is 17.6 Å². The van der Waals surface area contributed by atoms with E-state index >= 15 is 0 Å². The van der Waals surface area contributed by atoms with Gasteiger partial charge in [-0.05, 0) is 26.2 Å². The average Bonchev–Trinajstić information content (AvgIpc) is 2.88. The molecule has 1 aliphatic rings. The zero-order valence-electron chi connectivity index (χ0n) is 15.0. The molecule has 1 aliphatic carbocycles. The van der Waals surface area contributed by atoms with Gasteiger partial charge in [-0.25, -0.2) is 4.99 Å². The number of alkyl halides is 3. The Labute approximate surface area is 168 Å². The van der Waals surface area contributed by atoms with Crippen LogP contribution in [-0.4, -0.2) is 39.5 Å². The lowest BCUT2D eigenvalue weighted by molar-refractivity contribution is -0.183. The third-order valence-corrected chi connectivity index (χ3v) is 4.45. The van der Waals surface area contributed by atoms with E-state index in [1.165, 1.54) is 0 Å². The van der Waals surface area contributed by atoms with Gasteiger partial charge in [-0.15, -0.1) is 40.8 Å². The van der Waals surface area contributed by atoms with E-state index < -0.39 is 12.1 Å². The molecule has 26 heavy (non-hydrogen) atoms. The Balaban J connectivity index is 0.00000338. The summed E-state index contributed by atoms with van der Waals surface area (Å²) in [6.45, 7) is 6.24. The van der Waals surface area contributed by atoms with Crippen LogP contribution in [0.3, 0.4) is 0 Å². The zero-order valence-corrected chi connectivity index (χ0v) is 17.3. The van der Waals surface area contributed by atoms with E-state index in [-0.39, 0.29) is 42.9 Å². The summed E-state index contributed by atoms with van der Waals surface area (Å²) in [5, 5.41) is 14.2. The Kier molecular flexibility index (Phi) is 8.84. The van der Waals surface area contributed by atoms with Gasteiger partial charge in [0.15, 0.2) is 11.8 Å². The van der Waals surface area contributed by atoms with Crippen molar-refractivity contribution in [3.8, 4) is 0 Å². The molecule has 10 heteroatoms. The number of hydrogen-bond acceptors (Lipinski definition) is 3. The Morgan fingerprint density at radius 1 is 1.38 bits per heavy atom. The smallest absolute Gasteiger partial charge is 0.354 e. The van der Waals surface area contributed by atoms with E-state index in [0.29, 0.717) is 37.7 Å². The van der Waals surface area contributed by atoms with Crippen molar-refractivity contribution in [2.24, 2.45) is 18.0 Å². The molecular formula is C16H26F3IN6. The Hall–Kier alpha value is -1.33. The molecule has 0 aliphatic heterocycles. The molecule has 1 aromatic heterocycles. The number of nitrogens with zero attached hydrogens (tertiary/aromatic N) is 4. The molecule has 1 aromatic rings. The van der Waals surface area contributed by atoms with Crippen LogP contribution in [0, 0.1) is 12.8 Å². The second-order valence-corrected chi connectivity index (χ2v) is 6.30. The third kappa shape index (κ3) is 6.44. The summed E-state index contributed by atoms with van der Waals surface area (Å²) in [4.78, 5) is 4.43. The molecular weight excluding hydrogens is 460 g/mol. The fourth-order valence-corrected chi connectivity index (χ4v) is 2.87. The molecule has 148 valence electrons. The number of rotatable bonds is 5. The Morgan fingerprint density at radius 3 is 2.69 bits per heavy atom. The Morgan fingerprint density at radius 2 is 2.12 bits per heavy atom. The minimum Gasteiger partial charge on any atom is -0.354 e. The first-order valence-electron chi connectivity index (χ1n) is 8.38. The molecule has 6 nitrogen and oxygen atoms in total. The molecule has 2 unspecified atom stereocenters. The predicted molar refractivity (Wildman–Crippen MR) is 105 cm³/mol. The van der Waals surface area contributed by atoms with Crippen molar-refractivity contribution in [1.82, 2.24) is 25.4 Å². The molecule has 0 saturated heterocycles. The molecule has 0 radical (unpaired) electrons. The van der Waals surface area contributed by atoms with Crippen LogP contribution < -0.4 is 10.6 Å². The van der Waals surface area contributed by atoms with Gasteiger partial charge in [-0.3, -0.25) is 0 Å². The lowest BCUT2D eigenvalue weighted by Gasteiger charge is -2.31. The summed E-state index contributed by atoms with van der Waals surface area (Å²) >= 11 is 0. The molecule has 1 heterocycles. The van der Waals surface area contributed by atoms with Crippen LogP contribution in [-0.2, 0) is 13.6 Å². The molecule has 0 bridgehead atoms. The van der Waals surface area contributed by atoms with Gasteiger partial charge < -0.3 is 15.2 Å². The maximum atomic E-state index is 13.0. The molecule has 0 aromatic carbocycles. The van der Waals surface area contributed by atoms with Gasteiger partial charge in [0.05, 0.1) is 5.92 Å². The molecule has 2 N–H and O–H groups in total. The van der Waals surface area contributed by atoms with Crippen LogP contribution in [0.25, 0.3) is 0 Å². The number of aliphatic imine (C=N–C) groups is 1. The predicted octanol–water partition coefficient (Wildman–Crippen LogP) is 3.08. The number of nitrogens with one attached hydrogen (secondary N) is 2. The minimum atomic E-state index is -4.14. The summed E-state index contributed by atoms with van der Waals surface area (Å²) < 4.78 is 40.7. The third-order valence-electron chi connectivity index (χ3n) is 4.45. The minimum absolute atomic E-state index is 0. The van der Waals surface area contributed by atoms with E-state index in [1.54, 1.807) is 6.08 Å². The van der Waals surface area contributed by atoms with Crippen molar-refractivity contribution in [3.63, 3.8) is 0 Å². The number of aromatic nitrogens is 3. The second-order valence-electron chi connectivity index (χ2n) is 6.30. The molecule has 1 saturated carbocycles. The van der Waals surface area contributed by atoms with Crippen molar-refractivity contribution in [1.29, 1.82) is 0 Å². The quantitative estimate of drug-likeness (QED) is 0.291. The van der Waals surface area contributed by atoms with E-state index in [4.69, 9.17) is 0 Å². The first-order valence-corrected chi connectivity index (χ1v) is 8.38. The fourth-order valence-electron chi connectivity index (χ4n) is 2.87. The van der Waals surface area contributed by atoms with Gasteiger partial charge in [0.2, 0.25) is 0 Å². The maximum Gasteiger partial charge on any atom is 0.391 e. The number of hydrogen-bond donors (Lipinski definition) is 2. The number of halogens is 4. The highest BCUT2D eigenvalue weighted by molar-refractivity contribution is 14.0. The zero-order chi connectivity index (χ0) is 18.4. The second kappa shape index (κ2) is 10.1. The SMILES string of the molecule is C=CCNC(=NCc1nnc(C)n1C)NC1CCCC(C(F)(F)F)C1.I. The van der Waals surface area contributed by atoms with Crippen molar-refractivity contribution in [2.75, 3.05) is 6.54 Å². The van der Waals surface area contributed by atoms with Crippen molar-refractivity contribution in [3.05, 3.63) is 24.3 Å². The van der Waals surface area contributed by atoms with E-state index in [9.17, 15) is 13.2 Å². The highest BCUT2D eigenvalue weighted by atomic mass is 127. The monoisotopic (exact) mass is 486 g/mol. The lowest BCUT2D eigenvalue weighted by atomic mass is 9.85. The molecule has 2 rings (SSSR count). The fraction of sp³-hybridized carbons (Fsp3) is 0.688. The average molecular weight is 486 g/mol. The van der Waals surface area contributed by atoms with E-state index in [0.717, 1.165) is 5.82 Å². The van der Waals surface area contributed by atoms with Gasteiger partial charge in [0, 0.05) is 19.6 Å². The van der Waals surface area contributed by atoms with Gasteiger partial charge in [-0.2, -0.15) is 13.2 Å².